The van der Waals surface area contributed by atoms with Crippen LogP contribution in [-0.4, -0.2) is 31.7 Å². The highest BCUT2D eigenvalue weighted by molar-refractivity contribution is 5.20. The molecule has 0 amide bonds. The van der Waals surface area contributed by atoms with Gasteiger partial charge < -0.3 is 20.3 Å². The van der Waals surface area contributed by atoms with Gasteiger partial charge in [-0.2, -0.15) is 0 Å². The van der Waals surface area contributed by atoms with Gasteiger partial charge in [-0.05, 0) is 4.92 Å². The van der Waals surface area contributed by atoms with E-state index in [0.29, 0.717) is 5.69 Å². The summed E-state index contributed by atoms with van der Waals surface area (Å²) in [5, 5.41) is 27.6. The van der Waals surface area contributed by atoms with Gasteiger partial charge in [0.1, 0.15) is 12.3 Å². The van der Waals surface area contributed by atoms with E-state index in [0.717, 1.165) is 0 Å². The molecule has 72 valence electrons. The zero-order valence-electron chi connectivity index (χ0n) is 6.73. The zero-order chi connectivity index (χ0) is 9.84. The summed E-state index contributed by atoms with van der Waals surface area (Å²) in [7, 11) is 0. The molecule has 1 aromatic heterocycles. The highest BCUT2D eigenvalue weighted by atomic mass is 16.6. The molecule has 1 rings (SSSR count). The molecule has 1 heterocycles. The number of nitrogens with zero attached hydrogens (tertiary/aromatic N) is 2. The van der Waals surface area contributed by atoms with Crippen LogP contribution in [0.1, 0.15) is 11.4 Å². The molecule has 0 aliphatic heterocycles. The molecule has 0 bridgehead atoms. The highest BCUT2D eigenvalue weighted by Crippen LogP contribution is 2.12. The third-order valence-corrected chi connectivity index (χ3v) is 1.53. The molecule has 0 aromatic carbocycles. The second-order valence-electron chi connectivity index (χ2n) is 2.37. The van der Waals surface area contributed by atoms with Crippen molar-refractivity contribution >= 4 is 5.95 Å². The van der Waals surface area contributed by atoms with Gasteiger partial charge in [0.05, 0.1) is 6.61 Å². The summed E-state index contributed by atoms with van der Waals surface area (Å²) >= 11 is 0. The van der Waals surface area contributed by atoms with E-state index in [2.05, 4.69) is 9.97 Å². The molecule has 0 aliphatic carbocycles. The lowest BCUT2D eigenvalue weighted by molar-refractivity contribution is -0.393. The van der Waals surface area contributed by atoms with Crippen LogP contribution in [0.2, 0.25) is 0 Å². The number of imidazole rings is 1. The van der Waals surface area contributed by atoms with Crippen molar-refractivity contribution in [1.82, 2.24) is 9.97 Å². The van der Waals surface area contributed by atoms with Crippen molar-refractivity contribution in [3.8, 4) is 0 Å². The van der Waals surface area contributed by atoms with E-state index in [1.807, 2.05) is 0 Å². The van der Waals surface area contributed by atoms with Gasteiger partial charge in [0, 0.05) is 6.42 Å². The van der Waals surface area contributed by atoms with Crippen LogP contribution in [0.25, 0.3) is 0 Å². The molecule has 0 saturated heterocycles. The van der Waals surface area contributed by atoms with Crippen molar-refractivity contribution < 1.29 is 15.1 Å². The summed E-state index contributed by atoms with van der Waals surface area (Å²) in [6.07, 6.45) is 0.195. The van der Waals surface area contributed by atoms with E-state index >= 15 is 0 Å². The maximum absolute atomic E-state index is 10.3. The second-order valence-corrected chi connectivity index (χ2v) is 2.37. The number of hydrogen-bond donors (Lipinski definition) is 3. The van der Waals surface area contributed by atoms with E-state index in [1.165, 1.54) is 0 Å². The zero-order valence-corrected chi connectivity index (χ0v) is 6.73. The van der Waals surface area contributed by atoms with E-state index in [-0.39, 0.29) is 25.3 Å². The van der Waals surface area contributed by atoms with Crippen LogP contribution in [0.3, 0.4) is 0 Å². The van der Waals surface area contributed by atoms with Crippen molar-refractivity contribution in [3.05, 3.63) is 21.5 Å². The quantitative estimate of drug-likeness (QED) is 0.428. The first-order valence-electron chi connectivity index (χ1n) is 3.63. The number of nitrogens with one attached hydrogen (secondary N) is 1. The standard InChI is InChI=1S/C6H9N3O4/c10-2-1-4-5(3-11)8-6(7-4)9(12)13/h10-11H,1-3H2,(H,7,8). The monoisotopic (exact) mass is 187 g/mol. The lowest BCUT2D eigenvalue weighted by atomic mass is 10.3. The number of aliphatic hydroxyl groups is 2. The van der Waals surface area contributed by atoms with Crippen molar-refractivity contribution in [2.45, 2.75) is 13.0 Å². The number of aliphatic hydroxyl groups excluding tert-OH is 2. The maximum atomic E-state index is 10.3. The molecule has 7 heteroatoms. The smallest absolute Gasteiger partial charge is 0.396 e. The molecule has 0 saturated carbocycles. The maximum Gasteiger partial charge on any atom is 0.432 e. The predicted octanol–water partition coefficient (Wildman–Crippen LogP) is -0.655. The minimum absolute atomic E-state index is 0.158. The van der Waals surface area contributed by atoms with E-state index in [1.54, 1.807) is 0 Å². The molecule has 1 aromatic rings. The van der Waals surface area contributed by atoms with E-state index in [4.69, 9.17) is 10.2 Å². The van der Waals surface area contributed by atoms with Gasteiger partial charge in [-0.1, -0.05) is 4.98 Å². The number of rotatable bonds is 4. The van der Waals surface area contributed by atoms with Crippen LogP contribution in [0.5, 0.6) is 0 Å². The molecule has 13 heavy (non-hydrogen) atoms. The lowest BCUT2D eigenvalue weighted by Gasteiger charge is -1.88. The van der Waals surface area contributed by atoms with Crippen molar-refractivity contribution in [2.24, 2.45) is 0 Å². The Labute approximate surface area is 73.2 Å². The fraction of sp³-hybridized carbons (Fsp3) is 0.500. The largest absolute Gasteiger partial charge is 0.432 e. The first-order valence-corrected chi connectivity index (χ1v) is 3.63. The fourth-order valence-corrected chi connectivity index (χ4v) is 0.960. The number of H-pyrrole nitrogens is 1. The van der Waals surface area contributed by atoms with Gasteiger partial charge in [-0.15, -0.1) is 0 Å². The summed E-state index contributed by atoms with van der Waals surface area (Å²) in [4.78, 5) is 15.5. The fourth-order valence-electron chi connectivity index (χ4n) is 0.960. The minimum atomic E-state index is -0.681. The van der Waals surface area contributed by atoms with Crippen LogP contribution in [0.15, 0.2) is 0 Å². The lowest BCUT2D eigenvalue weighted by Crippen LogP contribution is -1.96. The number of nitro groups is 1. The van der Waals surface area contributed by atoms with E-state index < -0.39 is 10.9 Å². The Morgan fingerprint density at radius 1 is 1.54 bits per heavy atom. The normalized spacial score (nSPS) is 10.3. The molecule has 0 spiro atoms. The Morgan fingerprint density at radius 2 is 2.23 bits per heavy atom. The molecule has 0 unspecified atom stereocenters. The van der Waals surface area contributed by atoms with Crippen molar-refractivity contribution in [2.75, 3.05) is 6.61 Å². The Morgan fingerprint density at radius 3 is 2.69 bits per heavy atom. The van der Waals surface area contributed by atoms with Crippen LogP contribution in [-0.2, 0) is 13.0 Å². The van der Waals surface area contributed by atoms with Gasteiger partial charge >= 0.3 is 5.95 Å². The topological polar surface area (TPSA) is 112 Å². The Bertz CT molecular complexity index is 309. The molecular weight excluding hydrogens is 178 g/mol. The van der Waals surface area contributed by atoms with Gasteiger partial charge in [0.25, 0.3) is 0 Å². The average Bonchev–Trinajstić information content (AvgIpc) is 2.48. The predicted molar refractivity (Wildman–Crippen MR) is 42.0 cm³/mol. The second kappa shape index (κ2) is 3.97. The van der Waals surface area contributed by atoms with Crippen molar-refractivity contribution in [3.63, 3.8) is 0 Å². The van der Waals surface area contributed by atoms with Crippen LogP contribution in [0.4, 0.5) is 5.95 Å². The van der Waals surface area contributed by atoms with Gasteiger partial charge in [-0.3, -0.25) is 0 Å². The van der Waals surface area contributed by atoms with Gasteiger partial charge in [0.2, 0.25) is 0 Å². The summed E-state index contributed by atoms with van der Waals surface area (Å²) in [6.45, 7) is -0.509. The molecular formula is C6H9N3O4. The van der Waals surface area contributed by atoms with Gasteiger partial charge in [0.15, 0.2) is 5.69 Å². The molecule has 0 fully saturated rings. The summed E-state index contributed by atoms with van der Waals surface area (Å²) in [5.74, 6) is -0.410. The number of aromatic nitrogens is 2. The Hall–Kier alpha value is -1.47. The van der Waals surface area contributed by atoms with Crippen LogP contribution in [0, 0.1) is 10.1 Å². The molecule has 7 nitrogen and oxygen atoms in total. The Balaban J connectivity index is 2.96. The first-order chi connectivity index (χ1) is 6.19. The van der Waals surface area contributed by atoms with Gasteiger partial charge in [-0.25, -0.2) is 4.98 Å². The minimum Gasteiger partial charge on any atom is -0.396 e. The number of aromatic amines is 1. The molecule has 0 atom stereocenters. The number of hydrogen-bond acceptors (Lipinski definition) is 5. The third-order valence-electron chi connectivity index (χ3n) is 1.53. The van der Waals surface area contributed by atoms with Crippen molar-refractivity contribution in [1.29, 1.82) is 0 Å². The highest BCUT2D eigenvalue weighted by Gasteiger charge is 2.18. The molecule has 0 aliphatic rings. The first kappa shape index (κ1) is 9.62. The van der Waals surface area contributed by atoms with Crippen LogP contribution >= 0.6 is 0 Å². The SMILES string of the molecule is O=[N+]([O-])c1nc(CCO)c(CO)[nH]1. The molecule has 3 N–H and O–H groups in total. The third kappa shape index (κ3) is 2.01. The summed E-state index contributed by atoms with van der Waals surface area (Å²) in [6, 6.07) is 0. The summed E-state index contributed by atoms with van der Waals surface area (Å²) < 4.78 is 0. The average molecular weight is 187 g/mol. The Kier molecular flexibility index (Phi) is 2.93. The molecule has 0 radical (unpaired) electrons. The van der Waals surface area contributed by atoms with Crippen LogP contribution < -0.4 is 0 Å². The van der Waals surface area contributed by atoms with E-state index in [9.17, 15) is 10.1 Å². The summed E-state index contributed by atoms with van der Waals surface area (Å²) in [5.41, 5.74) is 0.609.